The first-order valence-corrected chi connectivity index (χ1v) is 11.0. The van der Waals surface area contributed by atoms with Gasteiger partial charge in [0.05, 0.1) is 29.6 Å². The molecule has 0 saturated heterocycles. The molecule has 0 saturated carbocycles. The van der Waals surface area contributed by atoms with E-state index in [0.29, 0.717) is 11.3 Å². The van der Waals surface area contributed by atoms with Crippen molar-refractivity contribution in [3.63, 3.8) is 0 Å². The summed E-state index contributed by atoms with van der Waals surface area (Å²) < 4.78 is 7.11. The fraction of sp³-hybridized carbons (Fsp3) is 0.269. The molecule has 0 aliphatic carbocycles. The number of nitrogens with zero attached hydrogens (tertiary/aromatic N) is 2. The Kier molecular flexibility index (Phi) is 6.05. The van der Waals surface area contributed by atoms with E-state index in [0.717, 1.165) is 39.2 Å². The number of benzene rings is 2. The minimum Gasteiger partial charge on any atom is -0.463 e. The molecule has 33 heavy (non-hydrogen) atoms. The molecular formula is C26H28N4O3. The highest BCUT2D eigenvalue weighted by Crippen LogP contribution is 2.37. The molecule has 1 aliphatic heterocycles. The summed E-state index contributed by atoms with van der Waals surface area (Å²) in [4.78, 5) is 25.4. The molecule has 2 N–H and O–H groups in total. The number of hydrogen-bond donors (Lipinski definition) is 2. The summed E-state index contributed by atoms with van der Waals surface area (Å²) in [6.07, 6.45) is 1.88. The topological polar surface area (TPSA) is 85.2 Å². The van der Waals surface area contributed by atoms with Crippen LogP contribution in [0.1, 0.15) is 42.1 Å². The summed E-state index contributed by atoms with van der Waals surface area (Å²) in [5, 5.41) is 10.6. The Labute approximate surface area is 193 Å². The lowest BCUT2D eigenvalue weighted by Gasteiger charge is -2.28. The van der Waals surface area contributed by atoms with Crippen LogP contribution in [0, 0.1) is 20.8 Å². The van der Waals surface area contributed by atoms with Gasteiger partial charge in [-0.3, -0.25) is 0 Å². The van der Waals surface area contributed by atoms with Crippen LogP contribution in [0.3, 0.4) is 0 Å². The third-order valence-electron chi connectivity index (χ3n) is 5.75. The van der Waals surface area contributed by atoms with Crippen molar-refractivity contribution < 1.29 is 14.3 Å². The van der Waals surface area contributed by atoms with Crippen LogP contribution in [-0.4, -0.2) is 28.4 Å². The van der Waals surface area contributed by atoms with Gasteiger partial charge in [0.25, 0.3) is 0 Å². The summed E-state index contributed by atoms with van der Waals surface area (Å²) in [6, 6.07) is 12.9. The Morgan fingerprint density at radius 1 is 1.09 bits per heavy atom. The number of para-hydroxylation sites is 1. The Morgan fingerprint density at radius 3 is 2.39 bits per heavy atom. The van der Waals surface area contributed by atoms with Gasteiger partial charge in [-0.05, 0) is 57.9 Å². The molecule has 1 aromatic heterocycles. The fourth-order valence-electron chi connectivity index (χ4n) is 4.47. The van der Waals surface area contributed by atoms with Gasteiger partial charge in [-0.15, -0.1) is 0 Å². The molecule has 2 heterocycles. The standard InChI is InChI=1S/C26H28N4O3/c1-6-33-25(31)22-18(5)27-26(32)28-23(22)20-14-30(19-10-8-7-9-11-19)29-24(20)21-16(3)12-15(2)13-17(21)4/h7-14,23H,6H2,1-5H3,(H2,27,28,32)/t23-/m1/s1. The van der Waals surface area contributed by atoms with Crippen molar-refractivity contribution in [2.24, 2.45) is 0 Å². The van der Waals surface area contributed by atoms with Gasteiger partial charge in [0.15, 0.2) is 0 Å². The van der Waals surface area contributed by atoms with Crippen LogP contribution in [0.25, 0.3) is 16.9 Å². The lowest BCUT2D eigenvalue weighted by molar-refractivity contribution is -0.139. The number of esters is 1. The van der Waals surface area contributed by atoms with Gasteiger partial charge in [0, 0.05) is 23.0 Å². The summed E-state index contributed by atoms with van der Waals surface area (Å²) in [5.74, 6) is -0.469. The third kappa shape index (κ3) is 4.26. The SMILES string of the molecule is CCOC(=O)C1=C(C)NC(=O)N[C@@H]1c1cn(-c2ccccc2)nc1-c1c(C)cc(C)cc1C. The number of amides is 2. The number of urea groups is 1. The van der Waals surface area contributed by atoms with Crippen LogP contribution in [0.2, 0.25) is 0 Å². The quantitative estimate of drug-likeness (QED) is 0.561. The second kappa shape index (κ2) is 8.94. The molecule has 0 radical (unpaired) electrons. The molecule has 1 aliphatic rings. The van der Waals surface area contributed by atoms with E-state index < -0.39 is 12.0 Å². The van der Waals surface area contributed by atoms with E-state index in [2.05, 4.69) is 43.5 Å². The minimum absolute atomic E-state index is 0.239. The third-order valence-corrected chi connectivity index (χ3v) is 5.75. The normalized spacial score (nSPS) is 15.8. The molecule has 170 valence electrons. The average Bonchev–Trinajstić information content (AvgIpc) is 3.18. The van der Waals surface area contributed by atoms with Crippen LogP contribution < -0.4 is 10.6 Å². The maximum atomic E-state index is 12.9. The first-order valence-electron chi connectivity index (χ1n) is 11.0. The molecule has 0 spiro atoms. The van der Waals surface area contributed by atoms with Gasteiger partial charge in [-0.2, -0.15) is 5.10 Å². The van der Waals surface area contributed by atoms with E-state index >= 15 is 0 Å². The second-order valence-corrected chi connectivity index (χ2v) is 8.28. The van der Waals surface area contributed by atoms with Crippen LogP contribution in [0.4, 0.5) is 4.79 Å². The number of carbonyl (C=O) groups excluding carboxylic acids is 2. The van der Waals surface area contributed by atoms with E-state index in [1.165, 1.54) is 0 Å². The van der Waals surface area contributed by atoms with Gasteiger partial charge in [-0.25, -0.2) is 14.3 Å². The molecule has 7 heteroatoms. The number of carbonyl (C=O) groups is 2. The van der Waals surface area contributed by atoms with E-state index in [9.17, 15) is 9.59 Å². The van der Waals surface area contributed by atoms with E-state index in [1.807, 2.05) is 36.5 Å². The number of aryl methyl sites for hydroxylation is 3. The molecule has 2 aromatic carbocycles. The first-order chi connectivity index (χ1) is 15.8. The van der Waals surface area contributed by atoms with Gasteiger partial charge < -0.3 is 15.4 Å². The van der Waals surface area contributed by atoms with Crippen molar-refractivity contribution >= 4 is 12.0 Å². The average molecular weight is 445 g/mol. The molecule has 0 bridgehead atoms. The van der Waals surface area contributed by atoms with E-state index in [4.69, 9.17) is 9.84 Å². The van der Waals surface area contributed by atoms with Crippen molar-refractivity contribution in [1.29, 1.82) is 0 Å². The second-order valence-electron chi connectivity index (χ2n) is 8.28. The molecule has 0 unspecified atom stereocenters. The molecule has 0 fully saturated rings. The highest BCUT2D eigenvalue weighted by atomic mass is 16.5. The van der Waals surface area contributed by atoms with E-state index in [1.54, 1.807) is 18.5 Å². The maximum absolute atomic E-state index is 12.9. The van der Waals surface area contributed by atoms with E-state index in [-0.39, 0.29) is 12.6 Å². The van der Waals surface area contributed by atoms with Crippen molar-refractivity contribution in [1.82, 2.24) is 20.4 Å². The predicted molar refractivity (Wildman–Crippen MR) is 127 cm³/mol. The maximum Gasteiger partial charge on any atom is 0.338 e. The minimum atomic E-state index is -0.703. The number of ether oxygens (including phenoxy) is 1. The largest absolute Gasteiger partial charge is 0.463 e. The summed E-state index contributed by atoms with van der Waals surface area (Å²) in [5.41, 5.74) is 7.46. The van der Waals surface area contributed by atoms with Crippen LogP contribution in [-0.2, 0) is 9.53 Å². The Balaban J connectivity index is 1.97. The van der Waals surface area contributed by atoms with Gasteiger partial charge in [0.2, 0.25) is 0 Å². The van der Waals surface area contributed by atoms with Gasteiger partial charge >= 0.3 is 12.0 Å². The molecule has 3 aromatic rings. The van der Waals surface area contributed by atoms with Crippen molar-refractivity contribution in [2.45, 2.75) is 40.7 Å². The summed E-state index contributed by atoms with van der Waals surface area (Å²) >= 11 is 0. The van der Waals surface area contributed by atoms with Crippen molar-refractivity contribution in [2.75, 3.05) is 6.61 Å². The van der Waals surface area contributed by atoms with Gasteiger partial charge in [0.1, 0.15) is 0 Å². The van der Waals surface area contributed by atoms with Gasteiger partial charge in [-0.1, -0.05) is 35.9 Å². The smallest absolute Gasteiger partial charge is 0.338 e. The lowest BCUT2D eigenvalue weighted by Crippen LogP contribution is -2.45. The summed E-state index contributed by atoms with van der Waals surface area (Å²) in [7, 11) is 0. The number of nitrogens with one attached hydrogen (secondary N) is 2. The molecule has 1 atom stereocenters. The zero-order chi connectivity index (χ0) is 23.7. The predicted octanol–water partition coefficient (Wildman–Crippen LogP) is 4.66. The fourth-order valence-corrected chi connectivity index (χ4v) is 4.47. The number of rotatable bonds is 5. The Bertz CT molecular complexity index is 1230. The highest BCUT2D eigenvalue weighted by molar-refractivity contribution is 5.95. The lowest BCUT2D eigenvalue weighted by atomic mass is 9.90. The number of allylic oxidation sites excluding steroid dienone is 1. The van der Waals surface area contributed by atoms with Crippen LogP contribution in [0.15, 0.2) is 59.9 Å². The summed E-state index contributed by atoms with van der Waals surface area (Å²) in [6.45, 7) is 9.87. The zero-order valence-electron chi connectivity index (χ0n) is 19.5. The van der Waals surface area contributed by atoms with Crippen LogP contribution >= 0.6 is 0 Å². The Morgan fingerprint density at radius 2 is 1.76 bits per heavy atom. The number of hydrogen-bond acceptors (Lipinski definition) is 4. The molecule has 7 nitrogen and oxygen atoms in total. The van der Waals surface area contributed by atoms with Crippen molar-refractivity contribution in [3.8, 4) is 16.9 Å². The molecular weight excluding hydrogens is 416 g/mol. The zero-order valence-corrected chi connectivity index (χ0v) is 19.5. The van der Waals surface area contributed by atoms with Crippen LogP contribution in [0.5, 0.6) is 0 Å². The Hall–Kier alpha value is -3.87. The first kappa shape index (κ1) is 22.3. The number of aromatic nitrogens is 2. The van der Waals surface area contributed by atoms with Crippen molar-refractivity contribution in [3.05, 3.63) is 82.2 Å². The highest BCUT2D eigenvalue weighted by Gasteiger charge is 2.35. The molecule has 4 rings (SSSR count). The monoisotopic (exact) mass is 444 g/mol. The molecule has 2 amide bonds.